The van der Waals surface area contributed by atoms with Crippen LogP contribution in [0.15, 0.2) is 38.2 Å². The van der Waals surface area contributed by atoms with E-state index in [2.05, 4.69) is 43.5 Å². The summed E-state index contributed by atoms with van der Waals surface area (Å²) in [7, 11) is 1.73. The Morgan fingerprint density at radius 1 is 1.43 bits per heavy atom. The molecular formula is C14H16BrN3O2S. The van der Waals surface area contributed by atoms with E-state index in [4.69, 9.17) is 9.26 Å². The molecule has 0 spiro atoms. The van der Waals surface area contributed by atoms with Gasteiger partial charge >= 0.3 is 0 Å². The highest BCUT2D eigenvalue weighted by molar-refractivity contribution is 9.10. The lowest BCUT2D eigenvalue weighted by Gasteiger charge is -2.04. The molecule has 2 atom stereocenters. The molecule has 0 saturated carbocycles. The first-order valence-corrected chi connectivity index (χ1v) is 8.49. The maximum absolute atomic E-state index is 5.35. The third-order valence-electron chi connectivity index (χ3n) is 3.39. The van der Waals surface area contributed by atoms with Crippen molar-refractivity contribution in [3.05, 3.63) is 40.5 Å². The maximum atomic E-state index is 5.35. The third kappa shape index (κ3) is 3.85. The fourth-order valence-electron chi connectivity index (χ4n) is 2.22. The molecule has 2 heterocycles. The second kappa shape index (κ2) is 6.91. The summed E-state index contributed by atoms with van der Waals surface area (Å²) in [4.78, 5) is 5.65. The molecule has 3 rings (SSSR count). The van der Waals surface area contributed by atoms with Gasteiger partial charge < -0.3 is 14.6 Å². The first-order chi connectivity index (χ1) is 10.2. The summed E-state index contributed by atoms with van der Waals surface area (Å²) in [5, 5.41) is 7.38. The highest BCUT2D eigenvalue weighted by Gasteiger charge is 2.29. The van der Waals surface area contributed by atoms with E-state index in [-0.39, 0.29) is 12.1 Å². The van der Waals surface area contributed by atoms with Crippen LogP contribution in [0.3, 0.4) is 0 Å². The number of halogens is 1. The van der Waals surface area contributed by atoms with E-state index < -0.39 is 0 Å². The lowest BCUT2D eigenvalue weighted by molar-refractivity contribution is 0.116. The predicted molar refractivity (Wildman–Crippen MR) is 84.2 cm³/mol. The molecule has 0 aliphatic carbocycles. The molecule has 1 aliphatic rings. The van der Waals surface area contributed by atoms with Crippen molar-refractivity contribution in [1.29, 1.82) is 0 Å². The van der Waals surface area contributed by atoms with Crippen LogP contribution in [-0.4, -0.2) is 29.9 Å². The van der Waals surface area contributed by atoms with Gasteiger partial charge in [0.2, 0.25) is 5.89 Å². The summed E-state index contributed by atoms with van der Waals surface area (Å²) < 4.78 is 11.8. The van der Waals surface area contributed by atoms with Crippen molar-refractivity contribution < 1.29 is 9.26 Å². The van der Waals surface area contributed by atoms with E-state index in [1.807, 2.05) is 12.1 Å². The molecule has 1 aromatic heterocycles. The predicted octanol–water partition coefficient (Wildman–Crippen LogP) is 3.17. The van der Waals surface area contributed by atoms with Gasteiger partial charge in [0, 0.05) is 23.0 Å². The SMILES string of the molecule is CO[C@@H]1CN[C@@H](c2nc(CSc3ccc(Br)cc3)no2)C1. The van der Waals surface area contributed by atoms with Crippen LogP contribution in [0.25, 0.3) is 0 Å². The standard InChI is InChI=1S/C14H16BrN3O2S/c1-19-10-6-12(16-7-10)14-17-13(18-20-14)8-21-11-4-2-9(15)3-5-11/h2-5,10,12,16H,6-8H2,1H3/t10-,12+/m0/s1. The zero-order valence-electron chi connectivity index (χ0n) is 11.6. The van der Waals surface area contributed by atoms with Crippen LogP contribution >= 0.6 is 27.7 Å². The van der Waals surface area contributed by atoms with Crippen LogP contribution < -0.4 is 5.32 Å². The molecule has 112 valence electrons. The molecule has 2 aromatic rings. The van der Waals surface area contributed by atoms with Crippen molar-refractivity contribution in [2.75, 3.05) is 13.7 Å². The van der Waals surface area contributed by atoms with Crippen LogP contribution in [0.5, 0.6) is 0 Å². The molecule has 0 unspecified atom stereocenters. The molecule has 0 bridgehead atoms. The molecule has 5 nitrogen and oxygen atoms in total. The van der Waals surface area contributed by atoms with Crippen LogP contribution in [0, 0.1) is 0 Å². The minimum Gasteiger partial charge on any atom is -0.380 e. The summed E-state index contributed by atoms with van der Waals surface area (Å²) in [6.07, 6.45) is 1.10. The molecule has 0 amide bonds. The quantitative estimate of drug-likeness (QED) is 0.816. The van der Waals surface area contributed by atoms with Gasteiger partial charge in [-0.25, -0.2) is 0 Å². The Morgan fingerprint density at radius 3 is 2.95 bits per heavy atom. The molecule has 0 radical (unpaired) electrons. The van der Waals surface area contributed by atoms with Crippen molar-refractivity contribution in [2.24, 2.45) is 0 Å². The number of aromatic nitrogens is 2. The second-order valence-electron chi connectivity index (χ2n) is 4.85. The first-order valence-electron chi connectivity index (χ1n) is 6.71. The molecule has 1 N–H and O–H groups in total. The number of thioether (sulfide) groups is 1. The van der Waals surface area contributed by atoms with Gasteiger partial charge in [-0.15, -0.1) is 11.8 Å². The van der Waals surface area contributed by atoms with Gasteiger partial charge in [-0.1, -0.05) is 21.1 Å². The molecule has 1 aromatic carbocycles. The van der Waals surface area contributed by atoms with Gasteiger partial charge in [-0.2, -0.15) is 4.98 Å². The second-order valence-corrected chi connectivity index (χ2v) is 6.81. The van der Waals surface area contributed by atoms with E-state index in [1.54, 1.807) is 18.9 Å². The van der Waals surface area contributed by atoms with Gasteiger partial charge in [0.1, 0.15) is 0 Å². The minimum atomic E-state index is 0.105. The Hall–Kier alpha value is -0.890. The van der Waals surface area contributed by atoms with Crippen LogP contribution in [0.2, 0.25) is 0 Å². The number of methoxy groups -OCH3 is 1. The van der Waals surface area contributed by atoms with Crippen molar-refractivity contribution in [3.63, 3.8) is 0 Å². The summed E-state index contributed by atoms with van der Waals surface area (Å²) in [5.41, 5.74) is 0. The summed E-state index contributed by atoms with van der Waals surface area (Å²) in [5.74, 6) is 2.08. The Morgan fingerprint density at radius 2 is 2.24 bits per heavy atom. The summed E-state index contributed by atoms with van der Waals surface area (Å²) in [6.45, 7) is 0.826. The topological polar surface area (TPSA) is 60.2 Å². The average Bonchev–Trinajstić information content (AvgIpc) is 3.15. The van der Waals surface area contributed by atoms with E-state index in [9.17, 15) is 0 Å². The smallest absolute Gasteiger partial charge is 0.243 e. The Labute approximate surface area is 136 Å². The third-order valence-corrected chi connectivity index (χ3v) is 4.92. The van der Waals surface area contributed by atoms with Crippen LogP contribution in [0.4, 0.5) is 0 Å². The highest BCUT2D eigenvalue weighted by atomic mass is 79.9. The number of nitrogens with one attached hydrogen (secondary N) is 1. The number of hydrogen-bond donors (Lipinski definition) is 1. The number of nitrogens with zero attached hydrogens (tertiary/aromatic N) is 2. The monoisotopic (exact) mass is 369 g/mol. The van der Waals surface area contributed by atoms with E-state index in [1.165, 1.54) is 4.90 Å². The van der Waals surface area contributed by atoms with Crippen molar-refractivity contribution in [3.8, 4) is 0 Å². The minimum absolute atomic E-state index is 0.105. The largest absolute Gasteiger partial charge is 0.380 e. The van der Waals surface area contributed by atoms with Gasteiger partial charge in [0.15, 0.2) is 5.82 Å². The zero-order chi connectivity index (χ0) is 14.7. The number of rotatable bonds is 5. The molecular weight excluding hydrogens is 354 g/mol. The molecule has 1 aliphatic heterocycles. The maximum Gasteiger partial charge on any atom is 0.243 e. The van der Waals surface area contributed by atoms with Crippen molar-refractivity contribution in [2.45, 2.75) is 29.2 Å². The molecule has 1 fully saturated rings. The zero-order valence-corrected chi connectivity index (χ0v) is 14.0. The first kappa shape index (κ1) is 15.0. The Balaban J connectivity index is 1.57. The van der Waals surface area contributed by atoms with Gasteiger partial charge in [0.05, 0.1) is 17.9 Å². The van der Waals surface area contributed by atoms with E-state index in [0.29, 0.717) is 11.6 Å². The number of hydrogen-bond acceptors (Lipinski definition) is 6. The van der Waals surface area contributed by atoms with Gasteiger partial charge in [-0.05, 0) is 30.7 Å². The lowest BCUT2D eigenvalue weighted by atomic mass is 10.2. The Bertz CT molecular complexity index is 590. The fourth-order valence-corrected chi connectivity index (χ4v) is 3.22. The van der Waals surface area contributed by atoms with Crippen LogP contribution in [0.1, 0.15) is 24.2 Å². The van der Waals surface area contributed by atoms with Gasteiger partial charge in [0.25, 0.3) is 0 Å². The van der Waals surface area contributed by atoms with Crippen molar-refractivity contribution >= 4 is 27.7 Å². The van der Waals surface area contributed by atoms with E-state index in [0.717, 1.165) is 23.3 Å². The summed E-state index contributed by atoms with van der Waals surface area (Å²) in [6, 6.07) is 8.29. The molecule has 1 saturated heterocycles. The normalized spacial score (nSPS) is 21.8. The number of benzene rings is 1. The van der Waals surface area contributed by atoms with Crippen LogP contribution in [-0.2, 0) is 10.5 Å². The summed E-state index contributed by atoms with van der Waals surface area (Å²) >= 11 is 5.12. The molecule has 21 heavy (non-hydrogen) atoms. The molecule has 7 heteroatoms. The highest BCUT2D eigenvalue weighted by Crippen LogP contribution is 2.26. The van der Waals surface area contributed by atoms with Gasteiger partial charge in [-0.3, -0.25) is 0 Å². The number of ether oxygens (including phenoxy) is 1. The van der Waals surface area contributed by atoms with Crippen molar-refractivity contribution in [1.82, 2.24) is 15.5 Å². The fraction of sp³-hybridized carbons (Fsp3) is 0.429. The average molecular weight is 370 g/mol. The van der Waals surface area contributed by atoms with E-state index >= 15 is 0 Å². The lowest BCUT2D eigenvalue weighted by Crippen LogP contribution is -2.16. The Kier molecular flexibility index (Phi) is 4.95.